The molecule has 1 saturated carbocycles. The number of benzene rings is 1. The van der Waals surface area contributed by atoms with E-state index in [0.29, 0.717) is 38.6 Å². The first-order valence-electron chi connectivity index (χ1n) is 11.7. The zero-order valence-corrected chi connectivity index (χ0v) is 19.3. The summed E-state index contributed by atoms with van der Waals surface area (Å²) in [6.07, 6.45) is 3.13. The van der Waals surface area contributed by atoms with Gasteiger partial charge in [0.15, 0.2) is 11.6 Å². The first kappa shape index (κ1) is 25.0. The van der Waals surface area contributed by atoms with Gasteiger partial charge in [0, 0.05) is 31.8 Å². The van der Waals surface area contributed by atoms with Crippen molar-refractivity contribution in [2.24, 2.45) is 5.92 Å². The van der Waals surface area contributed by atoms with Crippen LogP contribution >= 0.6 is 0 Å². The molecule has 8 nitrogen and oxygen atoms in total. The molecular weight excluding hydrogens is 458 g/mol. The quantitative estimate of drug-likeness (QED) is 0.229. The number of halogens is 2. The fourth-order valence-corrected chi connectivity index (χ4v) is 4.44. The number of carbonyl (C=O) groups is 2. The van der Waals surface area contributed by atoms with Gasteiger partial charge in [0.2, 0.25) is 0 Å². The lowest BCUT2D eigenvalue weighted by Crippen LogP contribution is -2.57. The molecule has 3 amide bonds. The van der Waals surface area contributed by atoms with E-state index >= 15 is 0 Å². The van der Waals surface area contributed by atoms with Crippen LogP contribution in [0.1, 0.15) is 24.8 Å². The lowest BCUT2D eigenvalue weighted by Gasteiger charge is -2.39. The van der Waals surface area contributed by atoms with Gasteiger partial charge in [-0.25, -0.2) is 13.6 Å². The van der Waals surface area contributed by atoms with Crippen LogP contribution < -0.4 is 16.0 Å². The van der Waals surface area contributed by atoms with Gasteiger partial charge in [0.1, 0.15) is 24.2 Å². The number of ether oxygens (including phenoxy) is 1. The molecule has 3 fully saturated rings. The van der Waals surface area contributed by atoms with Gasteiger partial charge in [0.05, 0.1) is 0 Å². The number of nitrogens with one attached hydrogen (secondary N) is 3. The van der Waals surface area contributed by atoms with Gasteiger partial charge < -0.3 is 20.5 Å². The second kappa shape index (κ2) is 10.7. The Bertz CT molecular complexity index is 1020. The van der Waals surface area contributed by atoms with Gasteiger partial charge in [-0.2, -0.15) is 0 Å². The molecule has 0 radical (unpaired) electrons. The molecule has 1 aliphatic carbocycles. The van der Waals surface area contributed by atoms with Crippen molar-refractivity contribution in [3.63, 3.8) is 0 Å². The number of carbonyl (C=O) groups excluding carboxylic acids is 2. The Morgan fingerprint density at radius 2 is 2.00 bits per heavy atom. The summed E-state index contributed by atoms with van der Waals surface area (Å²) >= 11 is 0. The van der Waals surface area contributed by atoms with E-state index in [9.17, 15) is 23.5 Å². The summed E-state index contributed by atoms with van der Waals surface area (Å²) in [5.74, 6) is -2.11. The second-order valence-electron chi connectivity index (χ2n) is 9.17. The average Bonchev–Trinajstić information content (AvgIpc) is 3.52. The summed E-state index contributed by atoms with van der Waals surface area (Å²) in [5, 5.41) is 18.8. The maximum absolute atomic E-state index is 14.5. The van der Waals surface area contributed by atoms with Crippen molar-refractivity contribution in [3.05, 3.63) is 72.0 Å². The number of nitrogens with zero attached hydrogens (tertiary/aromatic N) is 1. The fraction of sp³-hybridized carbons (Fsp3) is 0.440. The topological polar surface area (TPSA) is 103 Å². The molecule has 4 N–H and O–H groups in total. The molecule has 3 atom stereocenters. The van der Waals surface area contributed by atoms with Crippen molar-refractivity contribution >= 4 is 11.9 Å². The first-order chi connectivity index (χ1) is 16.8. The number of hydrogen-bond donors (Lipinski definition) is 4. The van der Waals surface area contributed by atoms with E-state index in [1.807, 2.05) is 35.2 Å². The van der Waals surface area contributed by atoms with E-state index in [0.717, 1.165) is 12.0 Å². The third-order valence-electron chi connectivity index (χ3n) is 6.61. The molecule has 0 aromatic heterocycles. The van der Waals surface area contributed by atoms with Crippen molar-refractivity contribution < 1.29 is 28.2 Å². The average molecular weight is 489 g/mol. The lowest BCUT2D eigenvalue weighted by atomic mass is 9.87. The van der Waals surface area contributed by atoms with Gasteiger partial charge in [-0.3, -0.25) is 15.0 Å². The highest BCUT2D eigenvalue weighted by molar-refractivity contribution is 6.07. The highest BCUT2D eigenvalue weighted by atomic mass is 19.1. The van der Waals surface area contributed by atoms with Crippen LogP contribution in [-0.2, 0) is 16.1 Å². The smallest absolute Gasteiger partial charge is 0.322 e. The number of hydrogen-bond acceptors (Lipinski definition) is 6. The van der Waals surface area contributed by atoms with Gasteiger partial charge in [-0.15, -0.1) is 0 Å². The van der Waals surface area contributed by atoms with E-state index < -0.39 is 29.5 Å². The Morgan fingerprint density at radius 3 is 2.63 bits per heavy atom. The van der Waals surface area contributed by atoms with Crippen molar-refractivity contribution in [1.29, 1.82) is 0 Å². The Hall–Kier alpha value is -3.08. The minimum Gasteiger partial charge on any atom is -0.486 e. The summed E-state index contributed by atoms with van der Waals surface area (Å²) in [6, 6.07) is 8.82. The normalized spacial score (nSPS) is 25.2. The van der Waals surface area contributed by atoms with E-state index in [1.54, 1.807) is 6.08 Å². The third-order valence-corrected chi connectivity index (χ3v) is 6.61. The van der Waals surface area contributed by atoms with E-state index in [1.165, 1.54) is 0 Å². The molecule has 2 aliphatic heterocycles. The van der Waals surface area contributed by atoms with Crippen LogP contribution in [-0.4, -0.2) is 59.4 Å². The largest absolute Gasteiger partial charge is 0.486 e. The number of imide groups is 1. The predicted octanol–water partition coefficient (Wildman–Crippen LogP) is 2.39. The van der Waals surface area contributed by atoms with Gasteiger partial charge in [0.25, 0.3) is 5.91 Å². The molecule has 2 saturated heterocycles. The van der Waals surface area contributed by atoms with Gasteiger partial charge >= 0.3 is 6.03 Å². The van der Waals surface area contributed by atoms with Crippen LogP contribution in [0.5, 0.6) is 0 Å². The minimum absolute atomic E-state index is 0.0254. The molecule has 3 unspecified atom stereocenters. The molecule has 0 bridgehead atoms. The highest BCUT2D eigenvalue weighted by Gasteiger charge is 2.48. The molecule has 1 aromatic carbocycles. The minimum atomic E-state index is -0.900. The zero-order valence-electron chi connectivity index (χ0n) is 19.3. The molecule has 35 heavy (non-hydrogen) atoms. The van der Waals surface area contributed by atoms with E-state index in [-0.39, 0.29) is 30.2 Å². The number of likely N-dealkylation sites (tertiary alicyclic amines) is 1. The molecule has 1 aromatic rings. The van der Waals surface area contributed by atoms with Crippen molar-refractivity contribution in [3.8, 4) is 0 Å². The molecule has 3 aliphatic rings. The maximum Gasteiger partial charge on any atom is 0.322 e. The summed E-state index contributed by atoms with van der Waals surface area (Å²) in [7, 11) is 0. The van der Waals surface area contributed by atoms with Crippen LogP contribution in [0.25, 0.3) is 0 Å². The highest BCUT2D eigenvalue weighted by Crippen LogP contribution is 2.35. The number of aliphatic hydroxyl groups is 1. The van der Waals surface area contributed by atoms with E-state index in [2.05, 4.69) is 22.5 Å². The Labute approximate surface area is 202 Å². The summed E-state index contributed by atoms with van der Waals surface area (Å²) in [6.45, 7) is 4.44. The predicted molar refractivity (Wildman–Crippen MR) is 125 cm³/mol. The number of allylic oxidation sites excluding steroid dienone is 3. The molecule has 10 heteroatoms. The van der Waals surface area contributed by atoms with Crippen molar-refractivity contribution in [2.75, 3.05) is 19.6 Å². The van der Waals surface area contributed by atoms with Crippen LogP contribution in [0, 0.1) is 5.92 Å². The monoisotopic (exact) mass is 488 g/mol. The Balaban J connectivity index is 1.27. The van der Waals surface area contributed by atoms with Crippen molar-refractivity contribution in [1.82, 2.24) is 20.9 Å². The maximum atomic E-state index is 14.5. The third kappa shape index (κ3) is 6.33. The molecule has 1 spiro atoms. The summed E-state index contributed by atoms with van der Waals surface area (Å²) in [5.41, 5.74) is -0.0250. The molecule has 188 valence electrons. The number of rotatable bonds is 10. The fourth-order valence-electron chi connectivity index (χ4n) is 4.44. The van der Waals surface area contributed by atoms with Crippen LogP contribution in [0.4, 0.5) is 13.6 Å². The number of aliphatic hydroxyl groups excluding tert-OH is 1. The van der Waals surface area contributed by atoms with Gasteiger partial charge in [-0.1, -0.05) is 36.9 Å². The number of urea groups is 1. The first-order valence-corrected chi connectivity index (χ1v) is 11.7. The Morgan fingerprint density at radius 1 is 1.29 bits per heavy atom. The molecule has 4 rings (SSSR count). The van der Waals surface area contributed by atoms with E-state index in [4.69, 9.17) is 4.74 Å². The van der Waals surface area contributed by atoms with Gasteiger partial charge in [-0.05, 0) is 36.8 Å². The summed E-state index contributed by atoms with van der Waals surface area (Å²) < 4.78 is 33.3. The van der Waals surface area contributed by atoms with Crippen LogP contribution in [0.3, 0.4) is 0 Å². The van der Waals surface area contributed by atoms with Crippen molar-refractivity contribution in [2.45, 2.75) is 43.7 Å². The Kier molecular flexibility index (Phi) is 7.63. The number of amides is 3. The molecule has 2 heterocycles. The van der Waals surface area contributed by atoms with Crippen LogP contribution in [0.15, 0.2) is 66.5 Å². The summed E-state index contributed by atoms with van der Waals surface area (Å²) in [4.78, 5) is 25.4. The molecular formula is C25H30F2N4O4. The number of piperidine rings is 1. The lowest BCUT2D eigenvalue weighted by molar-refractivity contribution is -0.127. The zero-order chi connectivity index (χ0) is 25.0. The van der Waals surface area contributed by atoms with Crippen LogP contribution in [0.2, 0.25) is 0 Å². The SMILES string of the molecule is C=C(F)/C=C(F)\C(=C\C1CC1NCC(O)N1CCC2(CC1)NC(=O)NC2=O)OCc1ccccc1. The second-order valence-corrected chi connectivity index (χ2v) is 9.17. The standard InChI is InChI=1S/C25H30F2N4O4/c1-16(26)11-19(27)21(35-15-17-5-3-2-4-6-17)13-18-12-20(18)28-14-22(32)31-9-7-25(8-10-31)23(33)29-24(34)30-25/h2-6,11,13,18,20,22,28,32H,1,7-10,12,14-15H2,(H2,29,30,33,34)/b19-11+,21-13-.